The van der Waals surface area contributed by atoms with Crippen LogP contribution in [0, 0.1) is 0 Å². The molecule has 0 aliphatic carbocycles. The van der Waals surface area contributed by atoms with Gasteiger partial charge in [0.25, 0.3) is 0 Å². The van der Waals surface area contributed by atoms with Crippen LogP contribution in [-0.2, 0) is 23.9 Å². The van der Waals surface area contributed by atoms with Gasteiger partial charge < -0.3 is 13.8 Å². The van der Waals surface area contributed by atoms with Gasteiger partial charge in [-0.2, -0.15) is 5.10 Å². The van der Waals surface area contributed by atoms with E-state index < -0.39 is 19.2 Å². The molecular formula is C29H34N3O4P. The van der Waals surface area contributed by atoms with Crippen LogP contribution >= 0.6 is 7.60 Å². The van der Waals surface area contributed by atoms with Crippen molar-refractivity contribution in [2.45, 2.75) is 31.9 Å². The van der Waals surface area contributed by atoms with Crippen molar-refractivity contribution >= 4 is 7.60 Å². The lowest BCUT2D eigenvalue weighted by Gasteiger charge is -2.36. The third-order valence-corrected chi connectivity index (χ3v) is 8.43. The maximum absolute atomic E-state index is 13.0. The summed E-state index contributed by atoms with van der Waals surface area (Å²) in [4.78, 5) is 4.68. The molecule has 194 valence electrons. The van der Waals surface area contributed by atoms with Gasteiger partial charge in [0, 0.05) is 7.11 Å². The van der Waals surface area contributed by atoms with E-state index in [0.717, 1.165) is 16.7 Å². The summed E-state index contributed by atoms with van der Waals surface area (Å²) >= 11 is 0. The number of ether oxygens (including phenoxy) is 1. The lowest BCUT2D eigenvalue weighted by Crippen LogP contribution is -2.38. The smallest absolute Gasteiger partial charge is 0.330 e. The average molecular weight is 520 g/mol. The molecule has 0 saturated carbocycles. The van der Waals surface area contributed by atoms with Gasteiger partial charge >= 0.3 is 7.60 Å². The Kier molecular flexibility index (Phi) is 9.06. The van der Waals surface area contributed by atoms with E-state index in [2.05, 4.69) is 41.4 Å². The maximum Gasteiger partial charge on any atom is 0.330 e. The molecule has 4 rings (SSSR count). The van der Waals surface area contributed by atoms with Gasteiger partial charge in [0.2, 0.25) is 0 Å². The van der Waals surface area contributed by atoms with E-state index in [1.165, 1.54) is 0 Å². The van der Waals surface area contributed by atoms with Gasteiger partial charge in [0.1, 0.15) is 18.0 Å². The van der Waals surface area contributed by atoms with Crippen molar-refractivity contribution in [1.82, 2.24) is 14.8 Å². The van der Waals surface area contributed by atoms with Crippen molar-refractivity contribution in [3.63, 3.8) is 0 Å². The maximum atomic E-state index is 13.0. The fraction of sp³-hybridized carbons (Fsp3) is 0.310. The first-order valence-electron chi connectivity index (χ1n) is 12.6. The molecule has 8 heteroatoms. The molecule has 0 aliphatic rings. The highest BCUT2D eigenvalue weighted by Crippen LogP contribution is 2.49. The fourth-order valence-electron chi connectivity index (χ4n) is 4.71. The van der Waals surface area contributed by atoms with Crippen LogP contribution in [0.15, 0.2) is 97.3 Å². The van der Waals surface area contributed by atoms with Crippen molar-refractivity contribution in [1.29, 1.82) is 0 Å². The minimum absolute atomic E-state index is 0.211. The lowest BCUT2D eigenvalue weighted by molar-refractivity contribution is 0.0903. The number of rotatable bonds is 13. The minimum Gasteiger partial charge on any atom is -0.373 e. The minimum atomic E-state index is -3.22. The number of hydrogen-bond acceptors (Lipinski definition) is 6. The van der Waals surface area contributed by atoms with Gasteiger partial charge in [-0.05, 0) is 37.0 Å². The van der Waals surface area contributed by atoms with Crippen LogP contribution in [-0.4, -0.2) is 41.2 Å². The van der Waals surface area contributed by atoms with Gasteiger partial charge in [0.05, 0.1) is 19.4 Å². The number of benzene rings is 3. The zero-order chi connectivity index (χ0) is 26.1. The van der Waals surface area contributed by atoms with E-state index in [9.17, 15) is 4.57 Å². The summed E-state index contributed by atoms with van der Waals surface area (Å²) in [6.45, 7) is 4.24. The normalized spacial score (nSPS) is 12.9. The van der Waals surface area contributed by atoms with E-state index in [0.29, 0.717) is 25.5 Å². The summed E-state index contributed by atoms with van der Waals surface area (Å²) < 4.78 is 31.6. The fourth-order valence-corrected chi connectivity index (χ4v) is 6.38. The monoisotopic (exact) mass is 519 g/mol. The lowest BCUT2D eigenvalue weighted by atomic mass is 9.77. The Morgan fingerprint density at radius 3 is 1.68 bits per heavy atom. The first kappa shape index (κ1) is 27.0. The number of hydrogen-bond donors (Lipinski definition) is 0. The van der Waals surface area contributed by atoms with Crippen LogP contribution in [0.5, 0.6) is 0 Å². The summed E-state index contributed by atoms with van der Waals surface area (Å²) in [6.07, 6.45) is 1.88. The van der Waals surface area contributed by atoms with Crippen molar-refractivity contribution in [3.8, 4) is 0 Å². The van der Waals surface area contributed by atoms with E-state index in [1.807, 2.05) is 59.3 Å². The van der Waals surface area contributed by atoms with Crippen LogP contribution in [0.25, 0.3) is 0 Å². The first-order chi connectivity index (χ1) is 18.1. The standard InChI is InChI=1S/C29H34N3O4P/c1-4-35-37(33,36-5-2)22-21-27(34-3)28-30-23-32(31-28)29(24-15-9-6-10-16-24,25-17-11-7-12-18-25)26-19-13-8-14-20-26/h6-20,23,27H,4-5,21-22H2,1-3H3. The van der Waals surface area contributed by atoms with Crippen molar-refractivity contribution in [2.24, 2.45) is 0 Å². The van der Waals surface area contributed by atoms with Crippen molar-refractivity contribution in [2.75, 3.05) is 26.5 Å². The Hall–Kier alpha value is -3.09. The second-order valence-electron chi connectivity index (χ2n) is 8.54. The molecule has 4 aromatic rings. The Morgan fingerprint density at radius 1 is 0.811 bits per heavy atom. The summed E-state index contributed by atoms with van der Waals surface area (Å²) in [7, 11) is -1.61. The van der Waals surface area contributed by atoms with Crippen LogP contribution in [0.4, 0.5) is 0 Å². The highest BCUT2D eigenvalue weighted by molar-refractivity contribution is 7.53. The highest BCUT2D eigenvalue weighted by atomic mass is 31.2. The predicted octanol–water partition coefficient (Wildman–Crippen LogP) is 6.46. The van der Waals surface area contributed by atoms with Gasteiger partial charge in [-0.3, -0.25) is 4.57 Å². The quantitative estimate of drug-likeness (QED) is 0.149. The van der Waals surface area contributed by atoms with E-state index in [4.69, 9.17) is 18.9 Å². The zero-order valence-corrected chi connectivity index (χ0v) is 22.5. The third-order valence-electron chi connectivity index (χ3n) is 6.32. The second kappa shape index (κ2) is 12.4. The molecule has 37 heavy (non-hydrogen) atoms. The Labute approximate surface area is 219 Å². The van der Waals surface area contributed by atoms with Gasteiger partial charge in [0.15, 0.2) is 5.82 Å². The molecular weight excluding hydrogens is 485 g/mol. The molecule has 0 saturated heterocycles. The number of methoxy groups -OCH3 is 1. The van der Waals surface area contributed by atoms with E-state index >= 15 is 0 Å². The Morgan fingerprint density at radius 2 is 1.27 bits per heavy atom. The molecule has 1 aromatic heterocycles. The number of aromatic nitrogens is 3. The Balaban J connectivity index is 1.80. The molecule has 0 amide bonds. The number of nitrogens with zero attached hydrogens (tertiary/aromatic N) is 3. The predicted molar refractivity (Wildman–Crippen MR) is 145 cm³/mol. The second-order valence-corrected chi connectivity index (χ2v) is 10.7. The molecule has 0 radical (unpaired) electrons. The molecule has 0 aliphatic heterocycles. The van der Waals surface area contributed by atoms with Crippen LogP contribution in [0.3, 0.4) is 0 Å². The van der Waals surface area contributed by atoms with Gasteiger partial charge in [-0.15, -0.1) is 0 Å². The molecule has 1 unspecified atom stereocenters. The van der Waals surface area contributed by atoms with Gasteiger partial charge in [-0.25, -0.2) is 9.67 Å². The molecule has 0 N–H and O–H groups in total. The summed E-state index contributed by atoms with van der Waals surface area (Å²) in [6, 6.07) is 30.9. The van der Waals surface area contributed by atoms with E-state index in [-0.39, 0.29) is 6.16 Å². The molecule has 7 nitrogen and oxygen atoms in total. The van der Waals surface area contributed by atoms with Crippen LogP contribution in [0.2, 0.25) is 0 Å². The molecule has 3 aromatic carbocycles. The first-order valence-corrected chi connectivity index (χ1v) is 14.3. The van der Waals surface area contributed by atoms with Crippen LogP contribution < -0.4 is 0 Å². The van der Waals surface area contributed by atoms with E-state index in [1.54, 1.807) is 27.3 Å². The largest absolute Gasteiger partial charge is 0.373 e. The summed E-state index contributed by atoms with van der Waals surface area (Å²) in [5, 5.41) is 4.98. The molecule has 1 heterocycles. The van der Waals surface area contributed by atoms with Crippen molar-refractivity contribution < 1.29 is 18.3 Å². The third kappa shape index (κ3) is 5.76. The molecule has 1 atom stereocenters. The average Bonchev–Trinajstić information content (AvgIpc) is 3.42. The molecule has 0 fully saturated rings. The zero-order valence-electron chi connectivity index (χ0n) is 21.6. The Bertz CT molecular complexity index is 1180. The topological polar surface area (TPSA) is 75.5 Å². The SMILES string of the molecule is CCOP(=O)(CCC(OC)c1ncn(C(c2ccccc2)(c2ccccc2)c2ccccc2)n1)OCC. The summed E-state index contributed by atoms with van der Waals surface area (Å²) in [5.41, 5.74) is 2.39. The van der Waals surface area contributed by atoms with Gasteiger partial charge in [-0.1, -0.05) is 91.0 Å². The summed E-state index contributed by atoms with van der Waals surface area (Å²) in [5.74, 6) is 0.509. The van der Waals surface area contributed by atoms with Crippen LogP contribution in [0.1, 0.15) is 48.9 Å². The molecule has 0 bridgehead atoms. The van der Waals surface area contributed by atoms with Crippen molar-refractivity contribution in [3.05, 3.63) is 120 Å². The molecule has 0 spiro atoms. The highest BCUT2D eigenvalue weighted by Gasteiger charge is 2.40.